The van der Waals surface area contributed by atoms with Crippen LogP contribution in [0.4, 0.5) is 4.39 Å². The molecule has 19 heavy (non-hydrogen) atoms. The molecule has 0 aliphatic heterocycles. The minimum atomic E-state index is -1.15. The smallest absolute Gasteiger partial charge is 0.328 e. The van der Waals surface area contributed by atoms with Crippen LogP contribution in [0.25, 0.3) is 0 Å². The summed E-state index contributed by atoms with van der Waals surface area (Å²) in [5, 5.41) is 2.23. The largest absolute Gasteiger partial charge is 0.467 e. The van der Waals surface area contributed by atoms with Crippen LogP contribution in [0.1, 0.15) is 5.56 Å². The first-order valence-electron chi connectivity index (χ1n) is 5.42. The van der Waals surface area contributed by atoms with E-state index in [1.54, 1.807) is 18.2 Å². The average Bonchev–Trinajstić information content (AvgIpc) is 2.39. The Balaban J connectivity index is 2.87. The molecule has 6 heteroatoms. The van der Waals surface area contributed by atoms with Gasteiger partial charge in [0.15, 0.2) is 5.83 Å². The number of esters is 1. The molecule has 0 bridgehead atoms. The number of ether oxygens (including phenoxy) is 1. The van der Waals surface area contributed by atoms with Crippen LogP contribution in [0.2, 0.25) is 0 Å². The normalized spacial score (nSPS) is 11.5. The lowest BCUT2D eigenvalue weighted by atomic mass is 10.1. The van der Waals surface area contributed by atoms with Gasteiger partial charge < -0.3 is 10.1 Å². The van der Waals surface area contributed by atoms with Crippen LogP contribution >= 0.6 is 15.9 Å². The lowest BCUT2D eigenvalue weighted by molar-refractivity contribution is -0.144. The van der Waals surface area contributed by atoms with Crippen molar-refractivity contribution in [1.82, 2.24) is 5.32 Å². The zero-order valence-electron chi connectivity index (χ0n) is 10.3. The molecular weight excluding hydrogens is 317 g/mol. The average molecular weight is 330 g/mol. The van der Waals surface area contributed by atoms with Crippen molar-refractivity contribution in [3.8, 4) is 0 Å². The maximum atomic E-state index is 12.7. The first-order valence-corrected chi connectivity index (χ1v) is 6.21. The summed E-state index contributed by atoms with van der Waals surface area (Å²) in [5.74, 6) is -2.83. The van der Waals surface area contributed by atoms with E-state index in [0.717, 1.165) is 10.0 Å². The highest BCUT2D eigenvalue weighted by atomic mass is 79.9. The SMILES string of the molecule is C=C(F)C(=O)NC(Cc1ccccc1Br)C(=O)OC. The summed E-state index contributed by atoms with van der Waals surface area (Å²) >= 11 is 3.33. The van der Waals surface area contributed by atoms with Gasteiger partial charge in [-0.25, -0.2) is 9.18 Å². The van der Waals surface area contributed by atoms with Gasteiger partial charge in [0.05, 0.1) is 7.11 Å². The maximum Gasteiger partial charge on any atom is 0.328 e. The predicted octanol–water partition coefficient (Wildman–Crippen LogP) is 2.13. The molecule has 0 saturated heterocycles. The van der Waals surface area contributed by atoms with Crippen molar-refractivity contribution in [1.29, 1.82) is 0 Å². The van der Waals surface area contributed by atoms with Gasteiger partial charge >= 0.3 is 5.97 Å². The van der Waals surface area contributed by atoms with E-state index in [0.29, 0.717) is 0 Å². The third-order valence-electron chi connectivity index (χ3n) is 2.42. The fraction of sp³-hybridized carbons (Fsp3) is 0.231. The van der Waals surface area contributed by atoms with Gasteiger partial charge in [-0.1, -0.05) is 40.7 Å². The van der Waals surface area contributed by atoms with Gasteiger partial charge in [0.2, 0.25) is 0 Å². The Bertz CT molecular complexity index is 504. The molecule has 0 aromatic heterocycles. The Kier molecular flexibility index (Phi) is 5.69. The molecule has 0 fully saturated rings. The summed E-state index contributed by atoms with van der Waals surface area (Å²) < 4.78 is 18.0. The molecule has 0 aliphatic rings. The van der Waals surface area contributed by atoms with Crippen molar-refractivity contribution in [2.24, 2.45) is 0 Å². The molecule has 1 N–H and O–H groups in total. The highest BCUT2D eigenvalue weighted by Crippen LogP contribution is 2.18. The summed E-state index contributed by atoms with van der Waals surface area (Å²) in [5.41, 5.74) is 0.794. The first-order chi connectivity index (χ1) is 8.95. The Hall–Kier alpha value is -1.69. The lowest BCUT2D eigenvalue weighted by Crippen LogP contribution is -2.43. The van der Waals surface area contributed by atoms with Crippen molar-refractivity contribution < 1.29 is 18.7 Å². The number of carbonyl (C=O) groups excluding carboxylic acids is 2. The van der Waals surface area contributed by atoms with E-state index < -0.39 is 23.7 Å². The molecule has 1 aromatic carbocycles. The molecule has 4 nitrogen and oxygen atoms in total. The first kappa shape index (κ1) is 15.4. The molecule has 0 aliphatic carbocycles. The molecule has 1 rings (SSSR count). The number of amides is 1. The number of methoxy groups -OCH3 is 1. The molecule has 1 aromatic rings. The van der Waals surface area contributed by atoms with Crippen LogP contribution in [0.3, 0.4) is 0 Å². The van der Waals surface area contributed by atoms with Gasteiger partial charge in [0.25, 0.3) is 5.91 Å². The number of halogens is 2. The maximum absolute atomic E-state index is 12.7. The third-order valence-corrected chi connectivity index (χ3v) is 3.19. The van der Waals surface area contributed by atoms with E-state index in [9.17, 15) is 14.0 Å². The Morgan fingerprint density at radius 1 is 1.47 bits per heavy atom. The van der Waals surface area contributed by atoms with Crippen molar-refractivity contribution >= 4 is 27.8 Å². The van der Waals surface area contributed by atoms with E-state index in [1.165, 1.54) is 7.11 Å². The van der Waals surface area contributed by atoms with E-state index in [-0.39, 0.29) is 6.42 Å². The van der Waals surface area contributed by atoms with Gasteiger partial charge in [-0.3, -0.25) is 4.79 Å². The summed E-state index contributed by atoms with van der Waals surface area (Å²) in [6.07, 6.45) is 0.188. The molecular formula is C13H13BrFNO3. The van der Waals surface area contributed by atoms with Gasteiger partial charge in [-0.05, 0) is 11.6 Å². The topological polar surface area (TPSA) is 55.4 Å². The second-order valence-corrected chi connectivity index (χ2v) is 4.60. The molecule has 102 valence electrons. The minimum absolute atomic E-state index is 0.188. The van der Waals surface area contributed by atoms with E-state index in [1.807, 2.05) is 6.07 Å². The predicted molar refractivity (Wildman–Crippen MR) is 72.0 cm³/mol. The minimum Gasteiger partial charge on any atom is -0.467 e. The van der Waals surface area contributed by atoms with Crippen LogP contribution in [0, 0.1) is 0 Å². The summed E-state index contributed by atoms with van der Waals surface area (Å²) in [6, 6.07) is 6.24. The Morgan fingerprint density at radius 2 is 2.11 bits per heavy atom. The third kappa shape index (κ3) is 4.48. The zero-order valence-corrected chi connectivity index (χ0v) is 11.9. The Morgan fingerprint density at radius 3 is 2.63 bits per heavy atom. The summed E-state index contributed by atoms with van der Waals surface area (Å²) in [4.78, 5) is 22.8. The van der Waals surface area contributed by atoms with E-state index in [4.69, 9.17) is 0 Å². The van der Waals surface area contributed by atoms with Crippen molar-refractivity contribution in [3.63, 3.8) is 0 Å². The van der Waals surface area contributed by atoms with Crippen molar-refractivity contribution in [2.75, 3.05) is 7.11 Å². The standard InChI is InChI=1S/C13H13BrFNO3/c1-8(15)12(17)16-11(13(18)19-2)7-9-5-3-4-6-10(9)14/h3-6,11H,1,7H2,2H3,(H,16,17). The fourth-order valence-corrected chi connectivity index (χ4v) is 1.90. The van der Waals surface area contributed by atoms with Crippen LogP contribution in [0.5, 0.6) is 0 Å². The molecule has 0 radical (unpaired) electrons. The number of carbonyl (C=O) groups is 2. The molecule has 1 amide bonds. The highest BCUT2D eigenvalue weighted by molar-refractivity contribution is 9.10. The number of hydrogen-bond acceptors (Lipinski definition) is 3. The number of rotatable bonds is 5. The van der Waals surface area contributed by atoms with Gasteiger partial charge in [-0.2, -0.15) is 0 Å². The number of benzene rings is 1. The highest BCUT2D eigenvalue weighted by Gasteiger charge is 2.23. The summed E-state index contributed by atoms with van der Waals surface area (Å²) in [7, 11) is 1.20. The second-order valence-electron chi connectivity index (χ2n) is 3.75. The van der Waals surface area contributed by atoms with Gasteiger partial charge in [0, 0.05) is 10.9 Å². The van der Waals surface area contributed by atoms with Crippen LogP contribution in [-0.2, 0) is 20.7 Å². The number of nitrogens with one attached hydrogen (secondary N) is 1. The number of hydrogen-bond donors (Lipinski definition) is 1. The van der Waals surface area contributed by atoms with Crippen molar-refractivity contribution in [3.05, 3.63) is 46.7 Å². The zero-order chi connectivity index (χ0) is 14.4. The van der Waals surface area contributed by atoms with Gasteiger partial charge in [-0.15, -0.1) is 0 Å². The molecule has 1 atom stereocenters. The quantitative estimate of drug-likeness (QED) is 0.665. The van der Waals surface area contributed by atoms with Gasteiger partial charge in [0.1, 0.15) is 6.04 Å². The molecule has 1 unspecified atom stereocenters. The monoisotopic (exact) mass is 329 g/mol. The van der Waals surface area contributed by atoms with E-state index in [2.05, 4.69) is 32.6 Å². The van der Waals surface area contributed by atoms with Crippen LogP contribution in [-0.4, -0.2) is 25.0 Å². The fourth-order valence-electron chi connectivity index (χ4n) is 1.46. The van der Waals surface area contributed by atoms with E-state index >= 15 is 0 Å². The molecule has 0 heterocycles. The Labute approximate surface area is 118 Å². The van der Waals surface area contributed by atoms with Crippen molar-refractivity contribution in [2.45, 2.75) is 12.5 Å². The second kappa shape index (κ2) is 7.04. The molecule has 0 saturated carbocycles. The lowest BCUT2D eigenvalue weighted by Gasteiger charge is -2.16. The molecule has 0 spiro atoms. The van der Waals surface area contributed by atoms with Crippen LogP contribution in [0.15, 0.2) is 41.1 Å². The summed E-state index contributed by atoms with van der Waals surface area (Å²) in [6.45, 7) is 2.88. The van der Waals surface area contributed by atoms with Crippen LogP contribution < -0.4 is 5.32 Å².